The lowest BCUT2D eigenvalue weighted by Gasteiger charge is -2.14. The summed E-state index contributed by atoms with van der Waals surface area (Å²) < 4.78 is 4.95. The van der Waals surface area contributed by atoms with Gasteiger partial charge in [0.15, 0.2) is 0 Å². The highest BCUT2D eigenvalue weighted by atomic mass is 35.5. The molecule has 0 atom stereocenters. The molecule has 0 radical (unpaired) electrons. The van der Waals surface area contributed by atoms with Crippen molar-refractivity contribution in [3.05, 3.63) is 57.9 Å². The second-order valence-corrected chi connectivity index (χ2v) is 6.76. The summed E-state index contributed by atoms with van der Waals surface area (Å²) in [5.74, 6) is -1.36. The van der Waals surface area contributed by atoms with Gasteiger partial charge in [-0.2, -0.15) is 0 Å². The van der Waals surface area contributed by atoms with Crippen molar-refractivity contribution in [2.75, 3.05) is 11.9 Å². The van der Waals surface area contributed by atoms with E-state index in [4.69, 9.17) is 16.3 Å². The van der Waals surface area contributed by atoms with Crippen LogP contribution in [0.2, 0.25) is 5.02 Å². The van der Waals surface area contributed by atoms with Gasteiger partial charge < -0.3 is 15.4 Å². The van der Waals surface area contributed by atoms with Gasteiger partial charge in [0.05, 0.1) is 29.1 Å². The number of nitrogens with zero attached hydrogens (tertiary/aromatic N) is 1. The first-order valence-corrected chi connectivity index (χ1v) is 9.17. The summed E-state index contributed by atoms with van der Waals surface area (Å²) in [6, 6.07) is 7.45. The van der Waals surface area contributed by atoms with Crippen LogP contribution >= 0.6 is 11.6 Å². The Hall–Kier alpha value is -2.93. The van der Waals surface area contributed by atoms with Gasteiger partial charge in [-0.3, -0.25) is 9.59 Å². The quantitative estimate of drug-likeness (QED) is 0.718. The fourth-order valence-corrected chi connectivity index (χ4v) is 2.63. The molecule has 1 aromatic carbocycles. The summed E-state index contributed by atoms with van der Waals surface area (Å²) in [5, 5.41) is 5.81. The van der Waals surface area contributed by atoms with Crippen LogP contribution in [0.25, 0.3) is 0 Å². The summed E-state index contributed by atoms with van der Waals surface area (Å²) >= 11 is 6.02. The molecule has 148 valence electrons. The van der Waals surface area contributed by atoms with E-state index in [-0.39, 0.29) is 41.1 Å². The minimum Gasteiger partial charge on any atom is -0.462 e. The average Bonchev–Trinajstić information content (AvgIpc) is 2.61. The topological polar surface area (TPSA) is 97.4 Å². The van der Waals surface area contributed by atoms with Crippen molar-refractivity contribution in [3.8, 4) is 0 Å². The number of carbonyl (C=O) groups excluding carboxylic acids is 3. The summed E-state index contributed by atoms with van der Waals surface area (Å²) in [5.41, 5.74) is 1.31. The SMILES string of the molecule is CCOC(=O)c1ccc(C(=O)Nc2cc(Cl)ccc2C(=O)NC(C)C)nc1C. The van der Waals surface area contributed by atoms with Crippen molar-refractivity contribution in [1.29, 1.82) is 0 Å². The Morgan fingerprint density at radius 3 is 2.39 bits per heavy atom. The first kappa shape index (κ1) is 21.4. The first-order valence-electron chi connectivity index (χ1n) is 8.79. The fourth-order valence-electron chi connectivity index (χ4n) is 2.46. The number of hydrogen-bond acceptors (Lipinski definition) is 5. The number of carbonyl (C=O) groups is 3. The second-order valence-electron chi connectivity index (χ2n) is 6.32. The molecule has 8 heteroatoms. The highest BCUT2D eigenvalue weighted by molar-refractivity contribution is 6.31. The molecule has 7 nitrogen and oxygen atoms in total. The van der Waals surface area contributed by atoms with Crippen LogP contribution in [0.15, 0.2) is 30.3 Å². The number of aromatic nitrogens is 1. The standard InChI is InChI=1S/C20H22ClN3O4/c1-5-28-20(27)14-8-9-16(23-12(14)4)19(26)24-17-10-13(21)6-7-15(17)18(25)22-11(2)3/h6-11H,5H2,1-4H3,(H,22,25)(H,24,26). The summed E-state index contributed by atoms with van der Waals surface area (Å²) in [4.78, 5) is 41.0. The van der Waals surface area contributed by atoms with E-state index in [1.165, 1.54) is 24.3 Å². The molecule has 1 aromatic heterocycles. The van der Waals surface area contributed by atoms with Crippen LogP contribution < -0.4 is 10.6 Å². The molecule has 0 unspecified atom stereocenters. The molecule has 2 aromatic rings. The summed E-state index contributed by atoms with van der Waals surface area (Å²) in [6.45, 7) is 7.24. The minimum absolute atomic E-state index is 0.0635. The van der Waals surface area contributed by atoms with E-state index < -0.39 is 11.9 Å². The maximum Gasteiger partial charge on any atom is 0.339 e. The number of benzene rings is 1. The van der Waals surface area contributed by atoms with Gasteiger partial charge in [-0.25, -0.2) is 9.78 Å². The lowest BCUT2D eigenvalue weighted by Crippen LogP contribution is -2.31. The molecule has 0 saturated carbocycles. The Bertz CT molecular complexity index is 912. The van der Waals surface area contributed by atoms with Crippen LogP contribution in [-0.4, -0.2) is 35.4 Å². The van der Waals surface area contributed by atoms with Gasteiger partial charge in [0, 0.05) is 11.1 Å². The van der Waals surface area contributed by atoms with E-state index in [0.29, 0.717) is 10.7 Å². The largest absolute Gasteiger partial charge is 0.462 e. The number of hydrogen-bond donors (Lipinski definition) is 2. The number of nitrogens with one attached hydrogen (secondary N) is 2. The van der Waals surface area contributed by atoms with Gasteiger partial charge in [0.2, 0.25) is 0 Å². The van der Waals surface area contributed by atoms with E-state index in [2.05, 4.69) is 15.6 Å². The monoisotopic (exact) mass is 403 g/mol. The van der Waals surface area contributed by atoms with E-state index in [0.717, 1.165) is 0 Å². The molecule has 0 spiro atoms. The van der Waals surface area contributed by atoms with Crippen molar-refractivity contribution in [1.82, 2.24) is 10.3 Å². The fraction of sp³-hybridized carbons (Fsp3) is 0.300. The number of anilines is 1. The number of rotatable bonds is 6. The Balaban J connectivity index is 2.28. The first-order chi connectivity index (χ1) is 13.2. The van der Waals surface area contributed by atoms with E-state index in [9.17, 15) is 14.4 Å². The van der Waals surface area contributed by atoms with E-state index >= 15 is 0 Å². The molecule has 1 heterocycles. The van der Waals surface area contributed by atoms with Crippen LogP contribution in [0.4, 0.5) is 5.69 Å². The smallest absolute Gasteiger partial charge is 0.339 e. The lowest BCUT2D eigenvalue weighted by molar-refractivity contribution is 0.0524. The van der Waals surface area contributed by atoms with Gasteiger partial charge in [0.1, 0.15) is 5.69 Å². The van der Waals surface area contributed by atoms with Crippen LogP contribution in [0, 0.1) is 6.92 Å². The Kier molecular flexibility index (Phi) is 7.12. The highest BCUT2D eigenvalue weighted by Gasteiger charge is 2.18. The predicted octanol–water partition coefficient (Wildman–Crippen LogP) is 3.61. The molecule has 2 rings (SSSR count). The molecule has 0 aliphatic heterocycles. The third-order valence-electron chi connectivity index (χ3n) is 3.71. The Labute approximate surface area is 168 Å². The van der Waals surface area contributed by atoms with Crippen molar-refractivity contribution in [3.63, 3.8) is 0 Å². The predicted molar refractivity (Wildman–Crippen MR) is 107 cm³/mol. The van der Waals surface area contributed by atoms with E-state index in [1.807, 2.05) is 13.8 Å². The van der Waals surface area contributed by atoms with Crippen LogP contribution in [0.1, 0.15) is 57.7 Å². The minimum atomic E-state index is -0.528. The second kappa shape index (κ2) is 9.32. The maximum absolute atomic E-state index is 12.6. The van der Waals surface area contributed by atoms with Crippen molar-refractivity contribution < 1.29 is 19.1 Å². The van der Waals surface area contributed by atoms with Crippen LogP contribution in [0.5, 0.6) is 0 Å². The molecule has 0 aliphatic carbocycles. The molecule has 0 aliphatic rings. The Morgan fingerprint density at radius 2 is 1.79 bits per heavy atom. The van der Waals surface area contributed by atoms with Gasteiger partial charge in [-0.05, 0) is 58.0 Å². The Morgan fingerprint density at radius 1 is 1.11 bits per heavy atom. The van der Waals surface area contributed by atoms with Crippen LogP contribution in [0.3, 0.4) is 0 Å². The summed E-state index contributed by atoms with van der Waals surface area (Å²) in [7, 11) is 0. The number of halogens is 1. The van der Waals surface area contributed by atoms with Gasteiger partial charge in [-0.1, -0.05) is 11.6 Å². The van der Waals surface area contributed by atoms with Crippen molar-refractivity contribution in [2.45, 2.75) is 33.7 Å². The number of amides is 2. The molecular weight excluding hydrogens is 382 g/mol. The molecule has 0 bridgehead atoms. The molecule has 2 N–H and O–H groups in total. The van der Waals surface area contributed by atoms with Gasteiger partial charge in [0.25, 0.3) is 11.8 Å². The molecule has 0 fully saturated rings. The molecule has 2 amide bonds. The third kappa shape index (κ3) is 5.29. The number of pyridine rings is 1. The van der Waals surface area contributed by atoms with Crippen molar-refractivity contribution >= 4 is 35.1 Å². The zero-order chi connectivity index (χ0) is 20.8. The van der Waals surface area contributed by atoms with Gasteiger partial charge in [-0.15, -0.1) is 0 Å². The average molecular weight is 404 g/mol. The molecule has 0 saturated heterocycles. The summed E-state index contributed by atoms with van der Waals surface area (Å²) in [6.07, 6.45) is 0. The highest BCUT2D eigenvalue weighted by Crippen LogP contribution is 2.22. The van der Waals surface area contributed by atoms with E-state index in [1.54, 1.807) is 19.9 Å². The zero-order valence-corrected chi connectivity index (χ0v) is 16.9. The van der Waals surface area contributed by atoms with Crippen molar-refractivity contribution in [2.24, 2.45) is 0 Å². The van der Waals surface area contributed by atoms with Gasteiger partial charge >= 0.3 is 5.97 Å². The third-order valence-corrected chi connectivity index (χ3v) is 3.94. The normalized spacial score (nSPS) is 10.5. The van der Waals surface area contributed by atoms with Crippen LogP contribution in [-0.2, 0) is 4.74 Å². The maximum atomic E-state index is 12.6. The lowest BCUT2D eigenvalue weighted by atomic mass is 10.1. The molecule has 28 heavy (non-hydrogen) atoms. The number of esters is 1. The zero-order valence-electron chi connectivity index (χ0n) is 16.1. The number of ether oxygens (including phenoxy) is 1. The molecular formula is C20H22ClN3O4. The number of aryl methyl sites for hydroxylation is 1.